The topological polar surface area (TPSA) is 49.7 Å². The molecule has 1 aromatic carbocycles. The Morgan fingerprint density at radius 3 is 2.61 bits per heavy atom. The molecular weight excluding hydrogens is 227 g/mol. The summed E-state index contributed by atoms with van der Waals surface area (Å²) in [5.41, 5.74) is 1.47. The largest absolute Gasteiger partial charge is 0.494 e. The maximum absolute atomic E-state index is 9.34. The fourth-order valence-electron chi connectivity index (χ4n) is 2.56. The lowest BCUT2D eigenvalue weighted by molar-refractivity contribution is 0.209. The summed E-state index contributed by atoms with van der Waals surface area (Å²) >= 11 is 0. The number of rotatable bonds is 4. The van der Waals surface area contributed by atoms with Gasteiger partial charge in [-0.15, -0.1) is 0 Å². The van der Waals surface area contributed by atoms with Gasteiger partial charge in [-0.2, -0.15) is 0 Å². The Labute approximate surface area is 109 Å². The molecule has 0 radical (unpaired) electrons. The van der Waals surface area contributed by atoms with Gasteiger partial charge in [0.2, 0.25) is 0 Å². The Morgan fingerprint density at radius 1 is 1.22 bits per heavy atom. The zero-order chi connectivity index (χ0) is 13.0. The third-order valence-electron chi connectivity index (χ3n) is 3.64. The highest BCUT2D eigenvalue weighted by atomic mass is 16.5. The molecule has 2 N–H and O–H groups in total. The molecule has 0 saturated heterocycles. The lowest BCUT2D eigenvalue weighted by Crippen LogP contribution is -2.32. The summed E-state index contributed by atoms with van der Waals surface area (Å²) in [5.74, 6) is 1.21. The van der Waals surface area contributed by atoms with Crippen molar-refractivity contribution in [1.82, 2.24) is 0 Å². The maximum Gasteiger partial charge on any atom is 0.492 e. The molecule has 1 saturated carbocycles. The van der Waals surface area contributed by atoms with E-state index >= 15 is 0 Å². The molecule has 0 spiro atoms. The van der Waals surface area contributed by atoms with E-state index < -0.39 is 7.12 Å². The molecule has 1 aliphatic carbocycles. The van der Waals surface area contributed by atoms with Crippen molar-refractivity contribution in [2.45, 2.75) is 39.0 Å². The minimum atomic E-state index is -1.47. The molecular formula is C14H21BO3. The average Bonchev–Trinajstić information content (AvgIpc) is 2.38. The van der Waals surface area contributed by atoms with Gasteiger partial charge in [-0.3, -0.25) is 0 Å². The molecule has 0 aromatic heterocycles. The highest BCUT2D eigenvalue weighted by Crippen LogP contribution is 2.24. The van der Waals surface area contributed by atoms with Crippen molar-refractivity contribution in [2.75, 3.05) is 6.61 Å². The number of hydrogen-bond acceptors (Lipinski definition) is 3. The predicted molar refractivity (Wildman–Crippen MR) is 73.1 cm³/mol. The first-order valence-corrected chi connectivity index (χ1v) is 6.76. The number of benzene rings is 1. The second kappa shape index (κ2) is 6.25. The Morgan fingerprint density at radius 2 is 1.94 bits per heavy atom. The molecule has 0 heterocycles. The van der Waals surface area contributed by atoms with E-state index in [1.807, 2.05) is 19.1 Å². The highest BCUT2D eigenvalue weighted by Gasteiger charge is 2.19. The molecule has 1 fully saturated rings. The van der Waals surface area contributed by atoms with Gasteiger partial charge in [-0.1, -0.05) is 37.0 Å². The van der Waals surface area contributed by atoms with Crippen molar-refractivity contribution < 1.29 is 14.8 Å². The number of hydrogen-bond donors (Lipinski definition) is 2. The fourth-order valence-corrected chi connectivity index (χ4v) is 2.56. The van der Waals surface area contributed by atoms with Crippen LogP contribution in [-0.2, 0) is 0 Å². The second-order valence-electron chi connectivity index (χ2n) is 5.23. The van der Waals surface area contributed by atoms with E-state index in [0.717, 1.165) is 5.56 Å². The molecule has 0 bridgehead atoms. The zero-order valence-corrected chi connectivity index (χ0v) is 10.9. The van der Waals surface area contributed by atoms with Crippen LogP contribution in [0.5, 0.6) is 5.75 Å². The molecule has 0 aliphatic heterocycles. The smallest absolute Gasteiger partial charge is 0.492 e. The van der Waals surface area contributed by atoms with E-state index in [2.05, 4.69) is 0 Å². The van der Waals surface area contributed by atoms with Crippen molar-refractivity contribution in [3.05, 3.63) is 23.8 Å². The Kier molecular flexibility index (Phi) is 4.67. The Balaban J connectivity index is 1.99. The lowest BCUT2D eigenvalue weighted by atomic mass is 9.79. The molecule has 3 nitrogen and oxygen atoms in total. The summed E-state index contributed by atoms with van der Waals surface area (Å²) in [7, 11) is -1.47. The Bertz CT molecular complexity index is 387. The summed E-state index contributed by atoms with van der Waals surface area (Å²) in [6.45, 7) is 2.61. The van der Waals surface area contributed by atoms with Gasteiger partial charge in [-0.05, 0) is 31.7 Å². The van der Waals surface area contributed by atoms with Crippen molar-refractivity contribution in [1.29, 1.82) is 0 Å². The van der Waals surface area contributed by atoms with Crippen molar-refractivity contribution in [3.8, 4) is 5.75 Å². The van der Waals surface area contributed by atoms with Gasteiger partial charge in [0.25, 0.3) is 0 Å². The molecule has 0 amide bonds. The van der Waals surface area contributed by atoms with Crippen LogP contribution in [0.25, 0.3) is 0 Å². The van der Waals surface area contributed by atoms with E-state index in [1.54, 1.807) is 6.07 Å². The van der Waals surface area contributed by atoms with Gasteiger partial charge in [0.05, 0.1) is 6.61 Å². The van der Waals surface area contributed by atoms with Gasteiger partial charge in [0, 0.05) is 5.46 Å². The summed E-state index contributed by atoms with van der Waals surface area (Å²) in [6.07, 6.45) is 6.36. The third-order valence-corrected chi connectivity index (χ3v) is 3.64. The maximum atomic E-state index is 9.34. The van der Waals surface area contributed by atoms with Crippen LogP contribution in [0.1, 0.15) is 37.7 Å². The lowest BCUT2D eigenvalue weighted by Gasteiger charge is -2.22. The van der Waals surface area contributed by atoms with Crippen LogP contribution in [0, 0.1) is 12.8 Å². The van der Waals surface area contributed by atoms with Gasteiger partial charge in [0.15, 0.2) is 0 Å². The van der Waals surface area contributed by atoms with Gasteiger partial charge in [0.1, 0.15) is 5.75 Å². The monoisotopic (exact) mass is 248 g/mol. The molecule has 0 atom stereocenters. The first-order valence-electron chi connectivity index (χ1n) is 6.76. The SMILES string of the molecule is Cc1ccc(OCC2CCCCC2)c(B(O)O)c1. The van der Waals surface area contributed by atoms with E-state index in [9.17, 15) is 10.0 Å². The second-order valence-corrected chi connectivity index (χ2v) is 5.23. The van der Waals surface area contributed by atoms with Gasteiger partial charge in [-0.25, -0.2) is 0 Å². The predicted octanol–water partition coefficient (Wildman–Crippen LogP) is 1.63. The molecule has 1 aliphatic rings. The summed E-state index contributed by atoms with van der Waals surface area (Å²) in [4.78, 5) is 0. The van der Waals surface area contributed by atoms with Crippen LogP contribution in [0.2, 0.25) is 0 Å². The van der Waals surface area contributed by atoms with Crippen LogP contribution >= 0.6 is 0 Å². The van der Waals surface area contributed by atoms with Crippen LogP contribution < -0.4 is 10.2 Å². The molecule has 0 unspecified atom stereocenters. The number of ether oxygens (including phenoxy) is 1. The van der Waals surface area contributed by atoms with Crippen LogP contribution in [-0.4, -0.2) is 23.8 Å². The minimum absolute atomic E-state index is 0.464. The number of aryl methyl sites for hydroxylation is 1. The first-order chi connectivity index (χ1) is 8.66. The zero-order valence-electron chi connectivity index (χ0n) is 10.9. The van der Waals surface area contributed by atoms with Crippen molar-refractivity contribution >= 4 is 12.6 Å². The van der Waals surface area contributed by atoms with E-state index in [0.29, 0.717) is 23.7 Å². The average molecular weight is 248 g/mol. The van der Waals surface area contributed by atoms with Crippen molar-refractivity contribution in [3.63, 3.8) is 0 Å². The Hall–Kier alpha value is -0.995. The summed E-state index contributed by atoms with van der Waals surface area (Å²) in [6, 6.07) is 5.52. The summed E-state index contributed by atoms with van der Waals surface area (Å²) in [5, 5.41) is 18.7. The fraction of sp³-hybridized carbons (Fsp3) is 0.571. The van der Waals surface area contributed by atoms with E-state index in [4.69, 9.17) is 4.74 Å². The van der Waals surface area contributed by atoms with E-state index in [1.165, 1.54) is 32.1 Å². The van der Waals surface area contributed by atoms with Gasteiger partial charge >= 0.3 is 7.12 Å². The van der Waals surface area contributed by atoms with Crippen molar-refractivity contribution in [2.24, 2.45) is 5.92 Å². The van der Waals surface area contributed by atoms with E-state index in [-0.39, 0.29) is 0 Å². The molecule has 2 rings (SSSR count). The quantitative estimate of drug-likeness (QED) is 0.796. The normalized spacial score (nSPS) is 16.6. The van der Waals surface area contributed by atoms with Crippen LogP contribution in [0.15, 0.2) is 18.2 Å². The third kappa shape index (κ3) is 3.50. The van der Waals surface area contributed by atoms with Crippen LogP contribution in [0.4, 0.5) is 0 Å². The highest BCUT2D eigenvalue weighted by molar-refractivity contribution is 6.59. The molecule has 1 aromatic rings. The molecule has 98 valence electrons. The minimum Gasteiger partial charge on any atom is -0.494 e. The summed E-state index contributed by atoms with van der Waals surface area (Å²) < 4.78 is 5.77. The first kappa shape index (κ1) is 13.4. The molecule has 18 heavy (non-hydrogen) atoms. The van der Waals surface area contributed by atoms with Crippen LogP contribution in [0.3, 0.4) is 0 Å². The van der Waals surface area contributed by atoms with Gasteiger partial charge < -0.3 is 14.8 Å². The standard InChI is InChI=1S/C14H21BO3/c1-11-7-8-14(13(9-11)15(16)17)18-10-12-5-3-2-4-6-12/h7-9,12,16-17H,2-6,10H2,1H3. The molecule has 4 heteroatoms.